The first-order valence-corrected chi connectivity index (χ1v) is 8.31. The largest absolute Gasteiger partial charge is 0.449 e. The zero-order valence-corrected chi connectivity index (χ0v) is 13.0. The Balaban J connectivity index is 1.76. The van der Waals surface area contributed by atoms with Crippen LogP contribution in [0.5, 0.6) is 0 Å². The van der Waals surface area contributed by atoms with Gasteiger partial charge in [0.25, 0.3) is 0 Å². The van der Waals surface area contributed by atoms with Gasteiger partial charge in [0.15, 0.2) is 5.88 Å². The van der Waals surface area contributed by atoms with Gasteiger partial charge in [0.1, 0.15) is 0 Å². The Kier molecular flexibility index (Phi) is 2.59. The minimum Gasteiger partial charge on any atom is -0.449 e. The van der Waals surface area contributed by atoms with Crippen LogP contribution in [0.3, 0.4) is 0 Å². The topological polar surface area (TPSA) is 39.2 Å². The average Bonchev–Trinajstić information content (AvgIpc) is 2.70. The molecule has 2 nitrogen and oxygen atoms in total. The summed E-state index contributed by atoms with van der Waals surface area (Å²) in [5.41, 5.74) is 9.12. The van der Waals surface area contributed by atoms with Gasteiger partial charge in [-0.1, -0.05) is 20.8 Å². The highest BCUT2D eigenvalue weighted by Crippen LogP contribution is 2.61. The van der Waals surface area contributed by atoms with E-state index in [2.05, 4.69) is 20.8 Å². The Morgan fingerprint density at radius 1 is 1.00 bits per heavy atom. The molecule has 0 radical (unpaired) electrons. The molecule has 20 heavy (non-hydrogen) atoms. The van der Waals surface area contributed by atoms with Gasteiger partial charge in [0, 0.05) is 11.1 Å². The van der Waals surface area contributed by atoms with Crippen molar-refractivity contribution in [3.05, 3.63) is 17.4 Å². The van der Waals surface area contributed by atoms with Gasteiger partial charge in [-0.25, -0.2) is 0 Å². The lowest BCUT2D eigenvalue weighted by Gasteiger charge is -2.54. The third-order valence-electron chi connectivity index (χ3n) is 6.23. The minimum atomic E-state index is 0.130. The molecule has 0 aliphatic heterocycles. The van der Waals surface area contributed by atoms with Crippen LogP contribution in [0.25, 0.3) is 0 Å². The van der Waals surface area contributed by atoms with Gasteiger partial charge in [-0.05, 0) is 67.1 Å². The highest BCUT2D eigenvalue weighted by atomic mass is 16.3. The van der Waals surface area contributed by atoms with Crippen LogP contribution in [-0.4, -0.2) is 0 Å². The second-order valence-corrected chi connectivity index (χ2v) is 8.63. The van der Waals surface area contributed by atoms with Crippen LogP contribution in [-0.2, 0) is 5.41 Å². The SMILES string of the molecule is CC(C)(C)c1coc(N)c1C1C2CC3CC(C2)CC1C3. The molecule has 4 aliphatic carbocycles. The second kappa shape index (κ2) is 4.05. The molecule has 0 saturated heterocycles. The molecule has 2 N–H and O–H groups in total. The number of furan rings is 1. The van der Waals surface area contributed by atoms with Crippen molar-refractivity contribution < 1.29 is 4.42 Å². The van der Waals surface area contributed by atoms with Gasteiger partial charge >= 0.3 is 0 Å². The van der Waals surface area contributed by atoms with E-state index in [9.17, 15) is 0 Å². The summed E-state index contributed by atoms with van der Waals surface area (Å²) in [5.74, 6) is 5.14. The zero-order chi connectivity index (χ0) is 14.1. The van der Waals surface area contributed by atoms with Gasteiger partial charge < -0.3 is 10.2 Å². The maximum absolute atomic E-state index is 6.25. The molecule has 4 aliphatic rings. The summed E-state index contributed by atoms with van der Waals surface area (Å²) in [7, 11) is 0. The number of hydrogen-bond acceptors (Lipinski definition) is 2. The lowest BCUT2D eigenvalue weighted by molar-refractivity contribution is -0.00310. The van der Waals surface area contributed by atoms with Crippen molar-refractivity contribution >= 4 is 5.88 Å². The van der Waals surface area contributed by atoms with Crippen LogP contribution >= 0.6 is 0 Å². The van der Waals surface area contributed by atoms with E-state index in [1.54, 1.807) is 0 Å². The number of nitrogens with two attached hydrogens (primary N) is 1. The summed E-state index contributed by atoms with van der Waals surface area (Å²) in [4.78, 5) is 0. The Morgan fingerprint density at radius 3 is 2.05 bits per heavy atom. The number of anilines is 1. The van der Waals surface area contributed by atoms with Crippen LogP contribution in [0, 0.1) is 23.7 Å². The van der Waals surface area contributed by atoms with Crippen LogP contribution < -0.4 is 5.73 Å². The van der Waals surface area contributed by atoms with E-state index in [4.69, 9.17) is 10.2 Å². The Labute approximate surface area is 122 Å². The Bertz CT molecular complexity index is 494. The summed E-state index contributed by atoms with van der Waals surface area (Å²) in [6.07, 6.45) is 9.18. The van der Waals surface area contributed by atoms with E-state index in [0.29, 0.717) is 11.8 Å². The molecule has 2 heteroatoms. The quantitative estimate of drug-likeness (QED) is 0.805. The van der Waals surface area contributed by atoms with Crippen molar-refractivity contribution in [3.63, 3.8) is 0 Å². The van der Waals surface area contributed by atoms with Gasteiger partial charge in [-0.3, -0.25) is 0 Å². The maximum atomic E-state index is 6.25. The van der Waals surface area contributed by atoms with E-state index in [-0.39, 0.29) is 5.41 Å². The van der Waals surface area contributed by atoms with E-state index in [0.717, 1.165) is 23.7 Å². The third-order valence-corrected chi connectivity index (χ3v) is 6.23. The molecule has 0 spiro atoms. The van der Waals surface area contributed by atoms with E-state index in [1.165, 1.54) is 43.2 Å². The summed E-state index contributed by atoms with van der Waals surface area (Å²) in [6.45, 7) is 6.82. The van der Waals surface area contributed by atoms with E-state index in [1.807, 2.05) is 6.26 Å². The standard InChI is InChI=1S/C18H27NO/c1-18(2,3)14-9-20-17(19)16(14)15-12-5-10-4-11(7-12)8-13(15)6-10/h9-13,15H,4-8,19H2,1-3H3. The third kappa shape index (κ3) is 1.76. The fourth-order valence-electron chi connectivity index (χ4n) is 5.70. The predicted molar refractivity (Wildman–Crippen MR) is 81.6 cm³/mol. The highest BCUT2D eigenvalue weighted by molar-refractivity contribution is 5.49. The Morgan fingerprint density at radius 2 is 1.55 bits per heavy atom. The molecule has 4 fully saturated rings. The molecule has 0 unspecified atom stereocenters. The van der Waals surface area contributed by atoms with Gasteiger partial charge in [0.2, 0.25) is 0 Å². The molecular formula is C18H27NO. The van der Waals surface area contributed by atoms with Gasteiger partial charge in [-0.15, -0.1) is 0 Å². The zero-order valence-electron chi connectivity index (χ0n) is 13.0. The molecule has 1 aromatic heterocycles. The summed E-state index contributed by atoms with van der Waals surface area (Å²) in [6, 6.07) is 0. The lowest BCUT2D eigenvalue weighted by atomic mass is 9.50. The van der Waals surface area contributed by atoms with Gasteiger partial charge in [0.05, 0.1) is 6.26 Å². The van der Waals surface area contributed by atoms with Crippen LogP contribution in [0.15, 0.2) is 10.7 Å². The van der Waals surface area contributed by atoms with Crippen LogP contribution in [0.1, 0.15) is 69.9 Å². The van der Waals surface area contributed by atoms with Crippen LogP contribution in [0.4, 0.5) is 5.88 Å². The predicted octanol–water partition coefficient (Wildman–Crippen LogP) is 4.70. The molecule has 5 rings (SSSR count). The highest BCUT2D eigenvalue weighted by Gasteiger charge is 2.50. The molecule has 110 valence electrons. The number of rotatable bonds is 1. The monoisotopic (exact) mass is 273 g/mol. The van der Waals surface area contributed by atoms with Crippen molar-refractivity contribution in [3.8, 4) is 0 Å². The summed E-state index contributed by atoms with van der Waals surface area (Å²) < 4.78 is 5.66. The molecule has 1 aromatic rings. The lowest BCUT2D eigenvalue weighted by Crippen LogP contribution is -2.44. The molecule has 1 heterocycles. The summed E-state index contributed by atoms with van der Waals surface area (Å²) >= 11 is 0. The number of nitrogen functional groups attached to an aromatic ring is 1. The first kappa shape index (κ1) is 12.8. The molecule has 0 aromatic carbocycles. The van der Waals surface area contributed by atoms with Crippen molar-refractivity contribution in [2.45, 2.75) is 64.2 Å². The van der Waals surface area contributed by atoms with Crippen molar-refractivity contribution in [1.82, 2.24) is 0 Å². The second-order valence-electron chi connectivity index (χ2n) is 8.63. The first-order valence-electron chi connectivity index (χ1n) is 8.31. The Hall–Kier alpha value is -0.920. The fourth-order valence-corrected chi connectivity index (χ4v) is 5.70. The summed E-state index contributed by atoms with van der Waals surface area (Å²) in [5, 5.41) is 0. The van der Waals surface area contributed by atoms with Gasteiger partial charge in [-0.2, -0.15) is 0 Å². The number of hydrogen-bond donors (Lipinski definition) is 1. The minimum absolute atomic E-state index is 0.130. The average molecular weight is 273 g/mol. The fraction of sp³-hybridized carbons (Fsp3) is 0.778. The molecular weight excluding hydrogens is 246 g/mol. The first-order chi connectivity index (χ1) is 9.43. The normalized spacial score (nSPS) is 39.5. The van der Waals surface area contributed by atoms with Crippen molar-refractivity contribution in [2.75, 3.05) is 5.73 Å². The molecule has 0 atom stereocenters. The van der Waals surface area contributed by atoms with Crippen molar-refractivity contribution in [1.29, 1.82) is 0 Å². The smallest absolute Gasteiger partial charge is 0.193 e. The van der Waals surface area contributed by atoms with Crippen molar-refractivity contribution in [2.24, 2.45) is 23.7 Å². The molecule has 4 bridgehead atoms. The van der Waals surface area contributed by atoms with E-state index < -0.39 is 0 Å². The van der Waals surface area contributed by atoms with E-state index >= 15 is 0 Å². The maximum Gasteiger partial charge on any atom is 0.193 e. The molecule has 4 saturated carbocycles. The molecule has 0 amide bonds. The van der Waals surface area contributed by atoms with Crippen LogP contribution in [0.2, 0.25) is 0 Å².